The summed E-state index contributed by atoms with van der Waals surface area (Å²) in [7, 11) is 5.33. The van der Waals surface area contributed by atoms with Crippen LogP contribution in [0.15, 0.2) is 59.0 Å². The van der Waals surface area contributed by atoms with Gasteiger partial charge in [0.15, 0.2) is 5.76 Å². The van der Waals surface area contributed by atoms with E-state index in [0.29, 0.717) is 17.9 Å². The molecule has 1 atom stereocenters. The molecule has 1 aliphatic heterocycles. The summed E-state index contributed by atoms with van der Waals surface area (Å²) in [4.78, 5) is 29.6. The summed E-state index contributed by atoms with van der Waals surface area (Å²) in [5, 5.41) is 4.29. The quantitative estimate of drug-likeness (QED) is 0.645. The second kappa shape index (κ2) is 8.76. The third-order valence-electron chi connectivity index (χ3n) is 7.26. The van der Waals surface area contributed by atoms with E-state index in [1.54, 1.807) is 20.2 Å². The number of furan rings is 1. The minimum absolute atomic E-state index is 0.155. The van der Waals surface area contributed by atoms with Crippen molar-refractivity contribution in [1.82, 2.24) is 15.1 Å². The first-order valence-corrected chi connectivity index (χ1v) is 11.9. The third kappa shape index (κ3) is 3.92. The number of hydrogen-bond acceptors (Lipinski definition) is 4. The van der Waals surface area contributed by atoms with Crippen LogP contribution in [-0.4, -0.2) is 61.4 Å². The average molecular weight is 458 g/mol. The maximum atomic E-state index is 13.8. The molecule has 2 amide bonds. The van der Waals surface area contributed by atoms with Crippen LogP contribution in [0.4, 0.5) is 0 Å². The monoisotopic (exact) mass is 457 g/mol. The van der Waals surface area contributed by atoms with E-state index in [9.17, 15) is 9.59 Å². The van der Waals surface area contributed by atoms with Crippen molar-refractivity contribution in [2.75, 3.05) is 34.2 Å². The molecule has 0 fully saturated rings. The van der Waals surface area contributed by atoms with Crippen LogP contribution in [0, 0.1) is 0 Å². The smallest absolute Gasteiger partial charge is 0.289 e. The van der Waals surface area contributed by atoms with E-state index in [-0.39, 0.29) is 11.8 Å². The fourth-order valence-corrected chi connectivity index (χ4v) is 5.24. The molecule has 5 rings (SSSR count). The lowest BCUT2D eigenvalue weighted by atomic mass is 9.77. The van der Waals surface area contributed by atoms with Crippen LogP contribution in [0.2, 0.25) is 0 Å². The molecule has 176 valence electrons. The maximum Gasteiger partial charge on any atom is 0.289 e. The Bertz CT molecular complexity index is 1290. The van der Waals surface area contributed by atoms with Crippen molar-refractivity contribution in [2.24, 2.45) is 0 Å². The van der Waals surface area contributed by atoms with E-state index in [1.165, 1.54) is 16.0 Å². The van der Waals surface area contributed by atoms with E-state index in [2.05, 4.69) is 41.7 Å². The topological polar surface area (TPSA) is 65.8 Å². The normalized spacial score (nSPS) is 20.1. The molecule has 1 aromatic heterocycles. The molecule has 6 nitrogen and oxygen atoms in total. The van der Waals surface area contributed by atoms with E-state index >= 15 is 0 Å². The van der Waals surface area contributed by atoms with Crippen LogP contribution in [-0.2, 0) is 17.6 Å². The number of hydrogen-bond donors (Lipinski definition) is 1. The number of nitrogens with one attached hydrogen (secondary N) is 1. The number of aryl methyl sites for hydroxylation is 1. The number of carbonyl (C=O) groups excluding carboxylic acids is 2. The molecule has 1 aliphatic carbocycles. The second-order valence-corrected chi connectivity index (χ2v) is 9.59. The minimum atomic E-state index is -0.563. The van der Waals surface area contributed by atoms with Gasteiger partial charge in [-0.3, -0.25) is 9.59 Å². The zero-order valence-corrected chi connectivity index (χ0v) is 20.1. The van der Waals surface area contributed by atoms with Gasteiger partial charge < -0.3 is 19.5 Å². The van der Waals surface area contributed by atoms with Crippen LogP contribution < -0.4 is 5.32 Å². The Balaban J connectivity index is 1.37. The van der Waals surface area contributed by atoms with Crippen molar-refractivity contribution >= 4 is 28.4 Å². The number of fused-ring (bicyclic) bond motifs is 2. The zero-order valence-electron chi connectivity index (χ0n) is 20.1. The van der Waals surface area contributed by atoms with E-state index in [4.69, 9.17) is 4.42 Å². The average Bonchev–Trinajstić information content (AvgIpc) is 3.31. The standard InChI is InChI=1S/C28H31N3O3/c1-29-28(13-12-19-7-4-5-8-21(19)17-28)27(33)31-14-6-9-22(18-31)20-10-11-24-23(15-20)16-25(34-24)26(32)30(2)3/h4-5,7-11,15-16,29H,6,12-14,17-18H2,1-3H3. The summed E-state index contributed by atoms with van der Waals surface area (Å²) in [6, 6.07) is 16.2. The van der Waals surface area contributed by atoms with Gasteiger partial charge in [0, 0.05) is 32.6 Å². The van der Waals surface area contributed by atoms with Crippen LogP contribution >= 0.6 is 0 Å². The molecule has 2 heterocycles. The zero-order chi connectivity index (χ0) is 23.9. The summed E-state index contributed by atoms with van der Waals surface area (Å²) < 4.78 is 5.75. The SMILES string of the molecule is CNC1(C(=O)N2CCC=C(c3ccc4oc(C(=O)N(C)C)cc4c3)C2)CCc2ccccc2C1. The van der Waals surface area contributed by atoms with Gasteiger partial charge >= 0.3 is 0 Å². The van der Waals surface area contributed by atoms with Gasteiger partial charge in [0.25, 0.3) is 5.91 Å². The molecule has 0 bridgehead atoms. The maximum absolute atomic E-state index is 13.8. The molecular formula is C28H31N3O3. The lowest BCUT2D eigenvalue weighted by molar-refractivity contribution is -0.138. The van der Waals surface area contributed by atoms with Gasteiger partial charge in [-0.25, -0.2) is 0 Å². The lowest BCUT2D eigenvalue weighted by Crippen LogP contribution is -2.60. The number of benzene rings is 2. The lowest BCUT2D eigenvalue weighted by Gasteiger charge is -2.41. The van der Waals surface area contributed by atoms with Crippen LogP contribution in [0.5, 0.6) is 0 Å². The Morgan fingerprint density at radius 3 is 2.65 bits per heavy atom. The van der Waals surface area contributed by atoms with E-state index in [0.717, 1.165) is 48.8 Å². The van der Waals surface area contributed by atoms with Crippen molar-refractivity contribution in [1.29, 1.82) is 0 Å². The first-order valence-electron chi connectivity index (χ1n) is 11.9. The fourth-order valence-electron chi connectivity index (χ4n) is 5.24. The van der Waals surface area contributed by atoms with E-state index < -0.39 is 5.54 Å². The van der Waals surface area contributed by atoms with Crippen molar-refractivity contribution in [2.45, 2.75) is 31.2 Å². The molecule has 0 saturated heterocycles. The third-order valence-corrected chi connectivity index (χ3v) is 7.26. The minimum Gasteiger partial charge on any atom is -0.451 e. The molecule has 2 aromatic carbocycles. The molecule has 6 heteroatoms. The molecule has 0 spiro atoms. The van der Waals surface area contributed by atoms with Gasteiger partial charge in [0.1, 0.15) is 11.1 Å². The summed E-state index contributed by atoms with van der Waals surface area (Å²) in [5.74, 6) is 0.358. The fraction of sp³-hybridized carbons (Fsp3) is 0.357. The number of likely N-dealkylation sites (N-methyl/N-ethyl adjacent to an activating group) is 1. The Kier molecular flexibility index (Phi) is 5.78. The Labute approximate surface area is 200 Å². The molecule has 34 heavy (non-hydrogen) atoms. The highest BCUT2D eigenvalue weighted by Gasteiger charge is 2.42. The van der Waals surface area contributed by atoms with Gasteiger partial charge in [-0.2, -0.15) is 0 Å². The molecular weight excluding hydrogens is 426 g/mol. The molecule has 1 unspecified atom stereocenters. The Hall–Kier alpha value is -3.38. The van der Waals surface area contributed by atoms with Crippen molar-refractivity contribution in [3.8, 4) is 0 Å². The van der Waals surface area contributed by atoms with E-state index in [1.807, 2.05) is 24.1 Å². The number of rotatable bonds is 4. The molecule has 0 saturated carbocycles. The van der Waals surface area contributed by atoms with Gasteiger partial charge in [-0.15, -0.1) is 0 Å². The van der Waals surface area contributed by atoms with Crippen molar-refractivity contribution in [3.63, 3.8) is 0 Å². The summed E-state index contributed by atoms with van der Waals surface area (Å²) >= 11 is 0. The van der Waals surface area contributed by atoms with Crippen LogP contribution in [0.1, 0.15) is 40.1 Å². The highest BCUT2D eigenvalue weighted by atomic mass is 16.3. The van der Waals surface area contributed by atoms with Crippen LogP contribution in [0.25, 0.3) is 16.5 Å². The van der Waals surface area contributed by atoms with Gasteiger partial charge in [-0.1, -0.05) is 36.4 Å². The number of nitrogens with zero attached hydrogens (tertiary/aromatic N) is 2. The van der Waals surface area contributed by atoms with Gasteiger partial charge in [0.2, 0.25) is 5.91 Å². The second-order valence-electron chi connectivity index (χ2n) is 9.59. The van der Waals surface area contributed by atoms with Crippen molar-refractivity contribution < 1.29 is 14.0 Å². The number of amides is 2. The molecule has 1 N–H and O–H groups in total. The predicted octanol–water partition coefficient (Wildman–Crippen LogP) is 3.90. The Morgan fingerprint density at radius 2 is 1.88 bits per heavy atom. The largest absolute Gasteiger partial charge is 0.451 e. The van der Waals surface area contributed by atoms with Gasteiger partial charge in [0.05, 0.1) is 0 Å². The molecule has 0 radical (unpaired) electrons. The summed E-state index contributed by atoms with van der Waals surface area (Å²) in [6.07, 6.45) is 5.48. The predicted molar refractivity (Wildman–Crippen MR) is 134 cm³/mol. The molecule has 3 aromatic rings. The Morgan fingerprint density at radius 1 is 1.09 bits per heavy atom. The number of carbonyl (C=O) groups is 2. The van der Waals surface area contributed by atoms with Crippen LogP contribution in [0.3, 0.4) is 0 Å². The first kappa shape index (κ1) is 22.4. The van der Waals surface area contributed by atoms with Gasteiger partial charge in [-0.05, 0) is 73.2 Å². The van der Waals surface area contributed by atoms with Crippen molar-refractivity contribution in [3.05, 3.63) is 77.1 Å². The summed E-state index contributed by atoms with van der Waals surface area (Å²) in [5.41, 5.74) is 4.92. The summed E-state index contributed by atoms with van der Waals surface area (Å²) in [6.45, 7) is 1.31. The highest BCUT2D eigenvalue weighted by Crippen LogP contribution is 2.33. The highest BCUT2D eigenvalue weighted by molar-refractivity contribution is 5.96. The first-order chi connectivity index (χ1) is 16.4. The molecule has 2 aliphatic rings.